The Kier molecular flexibility index (Phi) is 3.51. The molecule has 6 heteroatoms. The SMILES string of the molecule is COc1cc(Oc2ccccc2N)ccc1[N+](=O)[O-]. The van der Waals surface area contributed by atoms with E-state index in [1.165, 1.54) is 25.3 Å². The zero-order chi connectivity index (χ0) is 13.8. The molecule has 0 fully saturated rings. The summed E-state index contributed by atoms with van der Waals surface area (Å²) >= 11 is 0. The van der Waals surface area contributed by atoms with E-state index in [1.54, 1.807) is 24.3 Å². The molecule has 2 aromatic rings. The summed E-state index contributed by atoms with van der Waals surface area (Å²) < 4.78 is 10.5. The maximum atomic E-state index is 10.8. The van der Waals surface area contributed by atoms with Crippen LogP contribution in [0.5, 0.6) is 17.2 Å². The summed E-state index contributed by atoms with van der Waals surface area (Å²) in [5.41, 5.74) is 6.12. The van der Waals surface area contributed by atoms with Gasteiger partial charge in [0.05, 0.1) is 17.7 Å². The molecule has 0 aliphatic rings. The van der Waals surface area contributed by atoms with Crippen molar-refractivity contribution in [3.05, 3.63) is 52.6 Å². The van der Waals surface area contributed by atoms with Crippen molar-refractivity contribution in [3.63, 3.8) is 0 Å². The maximum Gasteiger partial charge on any atom is 0.311 e. The average molecular weight is 260 g/mol. The van der Waals surface area contributed by atoms with Gasteiger partial charge in [-0.25, -0.2) is 0 Å². The Balaban J connectivity index is 2.32. The number of nitrogens with zero attached hydrogens (tertiary/aromatic N) is 1. The third kappa shape index (κ3) is 2.74. The molecular weight excluding hydrogens is 248 g/mol. The van der Waals surface area contributed by atoms with E-state index >= 15 is 0 Å². The Morgan fingerprint density at radius 2 is 1.89 bits per heavy atom. The zero-order valence-corrected chi connectivity index (χ0v) is 10.2. The van der Waals surface area contributed by atoms with Crippen LogP contribution in [0.1, 0.15) is 0 Å². The number of nitrogens with two attached hydrogens (primary N) is 1. The van der Waals surface area contributed by atoms with Crippen molar-refractivity contribution >= 4 is 11.4 Å². The van der Waals surface area contributed by atoms with Crippen molar-refractivity contribution < 1.29 is 14.4 Å². The highest BCUT2D eigenvalue weighted by Gasteiger charge is 2.15. The Bertz CT molecular complexity index is 613. The lowest BCUT2D eigenvalue weighted by Gasteiger charge is -2.09. The van der Waals surface area contributed by atoms with Crippen molar-refractivity contribution in [2.75, 3.05) is 12.8 Å². The van der Waals surface area contributed by atoms with Crippen molar-refractivity contribution in [1.82, 2.24) is 0 Å². The van der Waals surface area contributed by atoms with Crippen molar-refractivity contribution in [2.24, 2.45) is 0 Å². The quantitative estimate of drug-likeness (QED) is 0.518. The van der Waals surface area contributed by atoms with Crippen LogP contribution in [0.3, 0.4) is 0 Å². The van der Waals surface area contributed by atoms with E-state index in [2.05, 4.69) is 0 Å². The van der Waals surface area contributed by atoms with Crippen LogP contribution in [-0.2, 0) is 0 Å². The Morgan fingerprint density at radius 3 is 2.53 bits per heavy atom. The van der Waals surface area contributed by atoms with Crippen LogP contribution in [0.4, 0.5) is 11.4 Å². The van der Waals surface area contributed by atoms with Crippen LogP contribution >= 0.6 is 0 Å². The molecular formula is C13H12N2O4. The van der Waals surface area contributed by atoms with Gasteiger partial charge in [-0.05, 0) is 18.2 Å². The van der Waals surface area contributed by atoms with Crippen LogP contribution in [-0.4, -0.2) is 12.0 Å². The zero-order valence-electron chi connectivity index (χ0n) is 10.2. The lowest BCUT2D eigenvalue weighted by Crippen LogP contribution is -1.95. The lowest BCUT2D eigenvalue weighted by molar-refractivity contribution is -0.385. The fourth-order valence-corrected chi connectivity index (χ4v) is 1.57. The minimum Gasteiger partial charge on any atom is -0.490 e. The lowest BCUT2D eigenvalue weighted by atomic mass is 10.2. The molecule has 2 rings (SSSR count). The minimum atomic E-state index is -0.514. The third-order valence-electron chi connectivity index (χ3n) is 2.49. The third-order valence-corrected chi connectivity index (χ3v) is 2.49. The molecule has 0 bridgehead atoms. The first-order chi connectivity index (χ1) is 9.11. The fraction of sp³-hybridized carbons (Fsp3) is 0.0769. The van der Waals surface area contributed by atoms with Gasteiger partial charge in [0.1, 0.15) is 11.5 Å². The van der Waals surface area contributed by atoms with Gasteiger partial charge in [-0.3, -0.25) is 10.1 Å². The molecule has 0 aliphatic heterocycles. The minimum absolute atomic E-state index is 0.115. The van der Waals surface area contributed by atoms with Crippen LogP contribution < -0.4 is 15.2 Å². The number of anilines is 1. The van der Waals surface area contributed by atoms with Crippen molar-refractivity contribution in [3.8, 4) is 17.2 Å². The predicted molar refractivity (Wildman–Crippen MR) is 70.6 cm³/mol. The molecule has 2 aromatic carbocycles. The van der Waals surface area contributed by atoms with Gasteiger partial charge in [-0.2, -0.15) is 0 Å². The van der Waals surface area contributed by atoms with Crippen molar-refractivity contribution in [2.45, 2.75) is 0 Å². The van der Waals surface area contributed by atoms with Crippen LogP contribution in [0.25, 0.3) is 0 Å². The summed E-state index contributed by atoms with van der Waals surface area (Å²) in [6.07, 6.45) is 0. The van der Waals surface area contributed by atoms with E-state index in [9.17, 15) is 10.1 Å². The van der Waals surface area contributed by atoms with E-state index in [0.717, 1.165) is 0 Å². The van der Waals surface area contributed by atoms with E-state index in [4.69, 9.17) is 15.2 Å². The second-order valence-electron chi connectivity index (χ2n) is 3.73. The number of rotatable bonds is 4. The summed E-state index contributed by atoms with van der Waals surface area (Å²) in [5.74, 6) is 1.04. The first kappa shape index (κ1) is 12.7. The topological polar surface area (TPSA) is 87.6 Å². The van der Waals surface area contributed by atoms with E-state index in [-0.39, 0.29) is 11.4 Å². The largest absolute Gasteiger partial charge is 0.490 e. The average Bonchev–Trinajstić information content (AvgIpc) is 2.41. The Labute approximate surface area is 109 Å². The van der Waals surface area contributed by atoms with Crippen LogP contribution in [0.15, 0.2) is 42.5 Å². The molecule has 0 unspecified atom stereocenters. The normalized spacial score (nSPS) is 9.95. The molecule has 0 aromatic heterocycles. The van der Waals surface area contributed by atoms with E-state index in [0.29, 0.717) is 17.2 Å². The molecule has 19 heavy (non-hydrogen) atoms. The Morgan fingerprint density at radius 1 is 1.16 bits per heavy atom. The summed E-state index contributed by atoms with van der Waals surface area (Å²) in [7, 11) is 1.36. The van der Waals surface area contributed by atoms with Gasteiger partial charge in [-0.15, -0.1) is 0 Å². The second kappa shape index (κ2) is 5.26. The number of nitro groups is 1. The first-order valence-electron chi connectivity index (χ1n) is 5.46. The molecule has 2 N–H and O–H groups in total. The van der Waals surface area contributed by atoms with Gasteiger partial charge < -0.3 is 15.2 Å². The smallest absolute Gasteiger partial charge is 0.311 e. The first-order valence-corrected chi connectivity index (χ1v) is 5.46. The number of methoxy groups -OCH3 is 1. The highest BCUT2D eigenvalue weighted by molar-refractivity contribution is 5.56. The standard InChI is InChI=1S/C13H12N2O4/c1-18-13-8-9(6-7-11(13)15(16)17)19-12-5-3-2-4-10(12)14/h2-8H,14H2,1H3. The maximum absolute atomic E-state index is 10.8. The summed E-state index contributed by atoms with van der Waals surface area (Å²) in [4.78, 5) is 10.3. The summed E-state index contributed by atoms with van der Waals surface area (Å²) in [6.45, 7) is 0. The molecule has 0 atom stereocenters. The van der Waals surface area contributed by atoms with E-state index < -0.39 is 4.92 Å². The van der Waals surface area contributed by atoms with Crippen LogP contribution in [0.2, 0.25) is 0 Å². The molecule has 0 aliphatic carbocycles. The number of hydrogen-bond acceptors (Lipinski definition) is 5. The summed E-state index contributed by atoms with van der Waals surface area (Å²) in [5, 5.41) is 10.8. The number of nitro benzene ring substituents is 1. The van der Waals surface area contributed by atoms with Gasteiger partial charge in [0.15, 0.2) is 0 Å². The summed E-state index contributed by atoms with van der Waals surface area (Å²) in [6, 6.07) is 11.3. The highest BCUT2D eigenvalue weighted by Crippen LogP contribution is 2.34. The number of ether oxygens (including phenoxy) is 2. The molecule has 0 heterocycles. The Hall–Kier alpha value is -2.76. The predicted octanol–water partition coefficient (Wildman–Crippen LogP) is 2.98. The number of para-hydroxylation sites is 2. The second-order valence-corrected chi connectivity index (χ2v) is 3.73. The van der Waals surface area contributed by atoms with Gasteiger partial charge in [-0.1, -0.05) is 12.1 Å². The monoisotopic (exact) mass is 260 g/mol. The molecule has 0 saturated carbocycles. The molecule has 6 nitrogen and oxygen atoms in total. The molecule has 98 valence electrons. The van der Waals surface area contributed by atoms with Gasteiger partial charge >= 0.3 is 5.69 Å². The van der Waals surface area contributed by atoms with Gasteiger partial charge in [0, 0.05) is 12.1 Å². The number of nitrogen functional groups attached to an aromatic ring is 1. The number of benzene rings is 2. The fourth-order valence-electron chi connectivity index (χ4n) is 1.57. The molecule has 0 saturated heterocycles. The van der Waals surface area contributed by atoms with Gasteiger partial charge in [0.25, 0.3) is 0 Å². The molecule has 0 spiro atoms. The van der Waals surface area contributed by atoms with Gasteiger partial charge in [0.2, 0.25) is 5.75 Å². The van der Waals surface area contributed by atoms with E-state index in [1.807, 2.05) is 0 Å². The molecule has 0 amide bonds. The highest BCUT2D eigenvalue weighted by atomic mass is 16.6. The number of hydrogen-bond donors (Lipinski definition) is 1. The van der Waals surface area contributed by atoms with Crippen molar-refractivity contribution in [1.29, 1.82) is 0 Å². The molecule has 0 radical (unpaired) electrons. The van der Waals surface area contributed by atoms with Crippen LogP contribution in [0, 0.1) is 10.1 Å².